The summed E-state index contributed by atoms with van der Waals surface area (Å²) in [4.78, 5) is 11.4. The van der Waals surface area contributed by atoms with Gasteiger partial charge in [0.15, 0.2) is 0 Å². The zero-order valence-corrected chi connectivity index (χ0v) is 10.4. The third-order valence-electron chi connectivity index (χ3n) is 1.84. The van der Waals surface area contributed by atoms with E-state index in [1.165, 1.54) is 14.2 Å². The summed E-state index contributed by atoms with van der Waals surface area (Å²) in [5.74, 6) is -0.159. The van der Waals surface area contributed by atoms with E-state index < -0.39 is 5.97 Å². The topological polar surface area (TPSA) is 59.3 Å². The van der Waals surface area contributed by atoms with Gasteiger partial charge in [-0.25, -0.2) is 4.79 Å². The number of benzene rings is 1. The molecule has 0 aliphatic carbocycles. The Morgan fingerprint density at radius 3 is 2.60 bits per heavy atom. The summed E-state index contributed by atoms with van der Waals surface area (Å²) in [5.41, 5.74) is 0.455. The number of halogens is 1. The van der Waals surface area contributed by atoms with Crippen LogP contribution in [0.4, 0.5) is 0 Å². The van der Waals surface area contributed by atoms with Gasteiger partial charge in [-0.05, 0) is 34.7 Å². The first kappa shape index (κ1) is 11.8. The van der Waals surface area contributed by atoms with Crippen molar-refractivity contribution < 1.29 is 14.3 Å². The molecule has 78 valence electrons. The van der Waals surface area contributed by atoms with Crippen LogP contribution in [0.3, 0.4) is 0 Å². The fourth-order valence-electron chi connectivity index (χ4n) is 1.14. The standard InChI is InChI=1S/C10H8INO3/c1-14-8-4-3-7(11)9(6(8)5-12)10(13)15-2/h3-4H,1-2H3. The molecule has 0 fully saturated rings. The van der Waals surface area contributed by atoms with Crippen LogP contribution in [0.1, 0.15) is 15.9 Å². The largest absolute Gasteiger partial charge is 0.495 e. The minimum Gasteiger partial charge on any atom is -0.495 e. The maximum atomic E-state index is 11.4. The number of carbonyl (C=O) groups is 1. The normalized spacial score (nSPS) is 9.20. The molecule has 0 heterocycles. The molecule has 5 heteroatoms. The second-order valence-electron chi connectivity index (χ2n) is 2.60. The van der Waals surface area contributed by atoms with Crippen LogP contribution in [0.2, 0.25) is 0 Å². The first-order valence-corrected chi connectivity index (χ1v) is 5.08. The molecule has 0 amide bonds. The lowest BCUT2D eigenvalue weighted by Gasteiger charge is -2.08. The maximum Gasteiger partial charge on any atom is 0.340 e. The summed E-state index contributed by atoms with van der Waals surface area (Å²) >= 11 is 1.97. The second-order valence-corrected chi connectivity index (χ2v) is 3.77. The predicted molar refractivity (Wildman–Crippen MR) is 61.8 cm³/mol. The second kappa shape index (κ2) is 4.98. The molecule has 0 saturated carbocycles. The number of nitriles is 1. The Hall–Kier alpha value is -1.29. The van der Waals surface area contributed by atoms with Crippen LogP contribution in [-0.2, 0) is 4.74 Å². The lowest BCUT2D eigenvalue weighted by atomic mass is 10.1. The third-order valence-corrected chi connectivity index (χ3v) is 2.74. The quantitative estimate of drug-likeness (QED) is 0.618. The van der Waals surface area contributed by atoms with Crippen molar-refractivity contribution in [2.45, 2.75) is 0 Å². The van der Waals surface area contributed by atoms with E-state index >= 15 is 0 Å². The number of ether oxygens (including phenoxy) is 2. The highest BCUT2D eigenvalue weighted by Gasteiger charge is 2.19. The number of esters is 1. The summed E-state index contributed by atoms with van der Waals surface area (Å²) < 4.78 is 10.3. The Morgan fingerprint density at radius 2 is 2.13 bits per heavy atom. The van der Waals surface area contributed by atoms with Crippen LogP contribution in [-0.4, -0.2) is 20.2 Å². The number of rotatable bonds is 2. The molecule has 15 heavy (non-hydrogen) atoms. The van der Waals surface area contributed by atoms with Crippen LogP contribution < -0.4 is 4.74 Å². The van der Waals surface area contributed by atoms with Gasteiger partial charge in [0.2, 0.25) is 0 Å². The molecule has 0 atom stereocenters. The highest BCUT2D eigenvalue weighted by molar-refractivity contribution is 14.1. The molecule has 1 aromatic rings. The summed E-state index contributed by atoms with van der Waals surface area (Å²) in [6.45, 7) is 0. The molecule has 0 unspecified atom stereocenters. The van der Waals surface area contributed by atoms with Crippen molar-refractivity contribution >= 4 is 28.6 Å². The van der Waals surface area contributed by atoms with Crippen molar-refractivity contribution in [1.29, 1.82) is 5.26 Å². The highest BCUT2D eigenvalue weighted by atomic mass is 127. The summed E-state index contributed by atoms with van der Waals surface area (Å²) in [7, 11) is 2.73. The van der Waals surface area contributed by atoms with Gasteiger partial charge >= 0.3 is 5.97 Å². The van der Waals surface area contributed by atoms with E-state index in [1.807, 2.05) is 28.7 Å². The molecule has 0 radical (unpaired) electrons. The van der Waals surface area contributed by atoms with Crippen LogP contribution in [0.25, 0.3) is 0 Å². The third kappa shape index (κ3) is 2.21. The SMILES string of the molecule is COC(=O)c1c(I)ccc(OC)c1C#N. The molecule has 0 aliphatic heterocycles. The van der Waals surface area contributed by atoms with E-state index in [0.717, 1.165) is 0 Å². The smallest absolute Gasteiger partial charge is 0.340 e. The van der Waals surface area contributed by atoms with Crippen LogP contribution in [0.15, 0.2) is 12.1 Å². The predicted octanol–water partition coefficient (Wildman–Crippen LogP) is 1.96. The van der Waals surface area contributed by atoms with Crippen molar-refractivity contribution in [2.75, 3.05) is 14.2 Å². The number of hydrogen-bond donors (Lipinski definition) is 0. The summed E-state index contributed by atoms with van der Waals surface area (Å²) in [5, 5.41) is 8.96. The van der Waals surface area contributed by atoms with E-state index in [4.69, 9.17) is 10.00 Å². The molecule has 0 aliphatic rings. The van der Waals surface area contributed by atoms with Crippen molar-refractivity contribution in [1.82, 2.24) is 0 Å². The van der Waals surface area contributed by atoms with Crippen molar-refractivity contribution in [3.05, 3.63) is 26.8 Å². The zero-order chi connectivity index (χ0) is 11.4. The zero-order valence-electron chi connectivity index (χ0n) is 8.20. The first-order chi connectivity index (χ1) is 7.15. The van der Waals surface area contributed by atoms with Crippen molar-refractivity contribution in [2.24, 2.45) is 0 Å². The highest BCUT2D eigenvalue weighted by Crippen LogP contribution is 2.26. The van der Waals surface area contributed by atoms with E-state index in [0.29, 0.717) is 9.32 Å². The Balaban J connectivity index is 3.47. The summed E-state index contributed by atoms with van der Waals surface area (Å²) in [6.07, 6.45) is 0. The Morgan fingerprint density at radius 1 is 1.47 bits per heavy atom. The number of nitrogens with zero attached hydrogens (tertiary/aromatic N) is 1. The molecular formula is C10H8INO3. The molecular weight excluding hydrogens is 309 g/mol. The van der Waals surface area contributed by atoms with Crippen molar-refractivity contribution in [3.8, 4) is 11.8 Å². The number of methoxy groups -OCH3 is 2. The molecule has 4 nitrogen and oxygen atoms in total. The lowest BCUT2D eigenvalue weighted by Crippen LogP contribution is -2.08. The number of hydrogen-bond acceptors (Lipinski definition) is 4. The van der Waals surface area contributed by atoms with Gasteiger partial charge in [-0.15, -0.1) is 0 Å². The first-order valence-electron chi connectivity index (χ1n) is 4.00. The van der Waals surface area contributed by atoms with Gasteiger partial charge in [0.25, 0.3) is 0 Å². The number of carbonyl (C=O) groups excluding carboxylic acids is 1. The van der Waals surface area contributed by atoms with Crippen molar-refractivity contribution in [3.63, 3.8) is 0 Å². The van der Waals surface area contributed by atoms with Gasteiger partial charge in [0.1, 0.15) is 17.4 Å². The molecule has 0 saturated heterocycles. The molecule has 1 aromatic carbocycles. The minimum atomic E-state index is -0.533. The average molecular weight is 317 g/mol. The molecule has 0 N–H and O–H groups in total. The van der Waals surface area contributed by atoms with Crippen LogP contribution in [0.5, 0.6) is 5.75 Å². The van der Waals surface area contributed by atoms with E-state index in [1.54, 1.807) is 12.1 Å². The van der Waals surface area contributed by atoms with Gasteiger partial charge in [0, 0.05) is 3.57 Å². The van der Waals surface area contributed by atoms with Gasteiger partial charge < -0.3 is 9.47 Å². The average Bonchev–Trinajstić information content (AvgIpc) is 2.27. The molecule has 0 aromatic heterocycles. The summed E-state index contributed by atoms with van der Waals surface area (Å²) in [6, 6.07) is 5.29. The molecule has 0 spiro atoms. The Bertz CT molecular complexity index is 437. The lowest BCUT2D eigenvalue weighted by molar-refractivity contribution is 0.0598. The van der Waals surface area contributed by atoms with Gasteiger partial charge in [0.05, 0.1) is 19.8 Å². The fourth-order valence-corrected chi connectivity index (χ4v) is 1.81. The fraction of sp³-hybridized carbons (Fsp3) is 0.200. The van der Waals surface area contributed by atoms with Crippen LogP contribution >= 0.6 is 22.6 Å². The minimum absolute atomic E-state index is 0.205. The van der Waals surface area contributed by atoms with Crippen LogP contribution in [0, 0.1) is 14.9 Å². The van der Waals surface area contributed by atoms with Gasteiger partial charge in [-0.2, -0.15) is 5.26 Å². The Kier molecular flexibility index (Phi) is 3.91. The molecule has 1 rings (SSSR count). The maximum absolute atomic E-state index is 11.4. The van der Waals surface area contributed by atoms with E-state index in [-0.39, 0.29) is 11.1 Å². The monoisotopic (exact) mass is 317 g/mol. The van der Waals surface area contributed by atoms with E-state index in [9.17, 15) is 4.79 Å². The van der Waals surface area contributed by atoms with E-state index in [2.05, 4.69) is 4.74 Å². The van der Waals surface area contributed by atoms with Gasteiger partial charge in [-0.1, -0.05) is 0 Å². The molecule has 0 bridgehead atoms. The Labute approximate surface area is 101 Å². The van der Waals surface area contributed by atoms with Gasteiger partial charge in [-0.3, -0.25) is 0 Å².